The fourth-order valence-corrected chi connectivity index (χ4v) is 2.62. The van der Waals surface area contributed by atoms with Crippen molar-refractivity contribution in [1.82, 2.24) is 0 Å². The maximum absolute atomic E-state index is 12.0. The number of allylic oxidation sites excluding steroid dienone is 4. The van der Waals surface area contributed by atoms with Crippen molar-refractivity contribution in [3.05, 3.63) is 24.3 Å². The molecule has 1 nitrogen and oxygen atoms in total. The van der Waals surface area contributed by atoms with Gasteiger partial charge < -0.3 is 0 Å². The molecule has 0 saturated heterocycles. The summed E-state index contributed by atoms with van der Waals surface area (Å²) in [6.45, 7) is 2.08. The number of carbonyl (C=O) groups excluding carboxylic acids is 1. The van der Waals surface area contributed by atoms with E-state index in [1.807, 2.05) is 0 Å². The van der Waals surface area contributed by atoms with E-state index in [2.05, 4.69) is 31.2 Å². The molecule has 1 fully saturated rings. The molecule has 0 heterocycles. The molecule has 0 spiro atoms. The molecule has 3 unspecified atom stereocenters. The second-order valence-corrected chi connectivity index (χ2v) is 4.55. The quantitative estimate of drug-likeness (QED) is 0.621. The molecule has 0 radical (unpaired) electrons. The average molecular weight is 190 g/mol. The van der Waals surface area contributed by atoms with E-state index in [-0.39, 0.29) is 0 Å². The first-order valence-electron chi connectivity index (χ1n) is 5.66. The minimum atomic E-state index is 0.299. The minimum absolute atomic E-state index is 0.299. The zero-order chi connectivity index (χ0) is 9.97. The summed E-state index contributed by atoms with van der Waals surface area (Å²) in [4.78, 5) is 12.0. The van der Waals surface area contributed by atoms with Gasteiger partial charge in [0.25, 0.3) is 0 Å². The topological polar surface area (TPSA) is 17.1 Å². The summed E-state index contributed by atoms with van der Waals surface area (Å²) in [6.07, 6.45) is 13.0. The lowest BCUT2D eigenvalue weighted by Gasteiger charge is -2.30. The van der Waals surface area contributed by atoms with E-state index in [1.165, 1.54) is 6.42 Å². The first-order chi connectivity index (χ1) is 6.79. The van der Waals surface area contributed by atoms with Gasteiger partial charge in [-0.1, -0.05) is 37.6 Å². The molecular weight excluding hydrogens is 172 g/mol. The number of ketones is 1. The first kappa shape index (κ1) is 9.70. The highest BCUT2D eigenvalue weighted by Crippen LogP contribution is 2.34. The molecule has 0 bridgehead atoms. The molecule has 0 N–H and O–H groups in total. The van der Waals surface area contributed by atoms with Crippen LogP contribution >= 0.6 is 0 Å². The highest BCUT2D eigenvalue weighted by molar-refractivity contribution is 5.84. The van der Waals surface area contributed by atoms with E-state index in [4.69, 9.17) is 0 Å². The molecule has 0 amide bonds. The van der Waals surface area contributed by atoms with E-state index in [0.29, 0.717) is 23.5 Å². The standard InChI is InChI=1S/C13H18O/c1-10-6-5-9-12(13(10)14)11-7-3-2-4-8-11/h2-4,7,10-12H,5-6,8-9H2,1H3. The van der Waals surface area contributed by atoms with Crippen molar-refractivity contribution >= 4 is 5.78 Å². The number of rotatable bonds is 1. The van der Waals surface area contributed by atoms with Crippen molar-refractivity contribution in [3.63, 3.8) is 0 Å². The molecule has 2 rings (SSSR count). The van der Waals surface area contributed by atoms with Crippen molar-refractivity contribution in [2.75, 3.05) is 0 Å². The van der Waals surface area contributed by atoms with Gasteiger partial charge in [-0.3, -0.25) is 4.79 Å². The third kappa shape index (κ3) is 1.82. The molecule has 3 atom stereocenters. The van der Waals surface area contributed by atoms with Gasteiger partial charge in [-0.2, -0.15) is 0 Å². The molecule has 0 aromatic carbocycles. The molecule has 2 aliphatic carbocycles. The number of hydrogen-bond donors (Lipinski definition) is 0. The lowest BCUT2D eigenvalue weighted by molar-refractivity contribution is -0.129. The summed E-state index contributed by atoms with van der Waals surface area (Å²) in [5.41, 5.74) is 0. The van der Waals surface area contributed by atoms with Crippen molar-refractivity contribution < 1.29 is 4.79 Å². The molecule has 1 heteroatoms. The SMILES string of the molecule is CC1CCCC(C2C=CC=CC2)C1=O. The number of carbonyl (C=O) groups is 1. The van der Waals surface area contributed by atoms with E-state index in [1.54, 1.807) is 0 Å². The van der Waals surface area contributed by atoms with Gasteiger partial charge in [0.15, 0.2) is 0 Å². The molecule has 0 aliphatic heterocycles. The third-order valence-corrected chi connectivity index (χ3v) is 3.53. The minimum Gasteiger partial charge on any atom is -0.299 e. The van der Waals surface area contributed by atoms with E-state index >= 15 is 0 Å². The van der Waals surface area contributed by atoms with E-state index in [9.17, 15) is 4.79 Å². The van der Waals surface area contributed by atoms with Crippen LogP contribution in [0.25, 0.3) is 0 Å². The zero-order valence-electron chi connectivity index (χ0n) is 8.78. The van der Waals surface area contributed by atoms with Crippen LogP contribution < -0.4 is 0 Å². The highest BCUT2D eigenvalue weighted by atomic mass is 16.1. The van der Waals surface area contributed by atoms with Gasteiger partial charge in [0, 0.05) is 11.8 Å². The molecule has 76 valence electrons. The molecule has 1 saturated carbocycles. The van der Waals surface area contributed by atoms with Crippen molar-refractivity contribution in [3.8, 4) is 0 Å². The van der Waals surface area contributed by atoms with Gasteiger partial charge in [-0.05, 0) is 25.2 Å². The predicted molar refractivity (Wildman–Crippen MR) is 57.9 cm³/mol. The maximum atomic E-state index is 12.0. The van der Waals surface area contributed by atoms with Crippen LogP contribution in [0.5, 0.6) is 0 Å². The Morgan fingerprint density at radius 3 is 2.86 bits per heavy atom. The van der Waals surface area contributed by atoms with Crippen LogP contribution in [0, 0.1) is 17.8 Å². The van der Waals surface area contributed by atoms with Gasteiger partial charge in [0.05, 0.1) is 0 Å². The van der Waals surface area contributed by atoms with Crippen molar-refractivity contribution in [1.29, 1.82) is 0 Å². The second-order valence-electron chi connectivity index (χ2n) is 4.55. The second kappa shape index (κ2) is 4.12. The Morgan fingerprint density at radius 2 is 2.14 bits per heavy atom. The average Bonchev–Trinajstić information content (AvgIpc) is 2.23. The van der Waals surface area contributed by atoms with E-state index in [0.717, 1.165) is 19.3 Å². The largest absolute Gasteiger partial charge is 0.299 e. The monoisotopic (exact) mass is 190 g/mol. The summed E-state index contributed by atoms with van der Waals surface area (Å²) >= 11 is 0. The Kier molecular flexibility index (Phi) is 2.85. The fourth-order valence-electron chi connectivity index (χ4n) is 2.62. The van der Waals surface area contributed by atoms with Gasteiger partial charge >= 0.3 is 0 Å². The van der Waals surface area contributed by atoms with Gasteiger partial charge in [-0.25, -0.2) is 0 Å². The Balaban J connectivity index is 2.05. The van der Waals surface area contributed by atoms with Gasteiger partial charge in [-0.15, -0.1) is 0 Å². The molecular formula is C13H18O. The third-order valence-electron chi connectivity index (χ3n) is 3.53. The lowest BCUT2D eigenvalue weighted by Crippen LogP contribution is -2.31. The van der Waals surface area contributed by atoms with E-state index < -0.39 is 0 Å². The predicted octanol–water partition coefficient (Wildman–Crippen LogP) is 3.12. The number of hydrogen-bond acceptors (Lipinski definition) is 1. The summed E-state index contributed by atoms with van der Waals surface area (Å²) in [5, 5.41) is 0. The van der Waals surface area contributed by atoms with Crippen LogP contribution in [0.1, 0.15) is 32.6 Å². The van der Waals surface area contributed by atoms with Crippen LogP contribution in [0.15, 0.2) is 24.3 Å². The first-order valence-corrected chi connectivity index (χ1v) is 5.66. The summed E-state index contributed by atoms with van der Waals surface area (Å²) in [7, 11) is 0. The molecule has 0 aromatic rings. The van der Waals surface area contributed by atoms with Gasteiger partial charge in [0.1, 0.15) is 5.78 Å². The smallest absolute Gasteiger partial charge is 0.139 e. The van der Waals surface area contributed by atoms with Gasteiger partial charge in [0.2, 0.25) is 0 Å². The Hall–Kier alpha value is -0.850. The Bertz CT molecular complexity index is 275. The molecule has 14 heavy (non-hydrogen) atoms. The Morgan fingerprint density at radius 1 is 1.29 bits per heavy atom. The highest BCUT2D eigenvalue weighted by Gasteiger charge is 2.32. The number of Topliss-reactive ketones (excluding diaryl/α,β-unsaturated/α-hetero) is 1. The van der Waals surface area contributed by atoms with Crippen LogP contribution in [0.2, 0.25) is 0 Å². The summed E-state index contributed by atoms with van der Waals surface area (Å²) in [6, 6.07) is 0. The maximum Gasteiger partial charge on any atom is 0.139 e. The summed E-state index contributed by atoms with van der Waals surface area (Å²) in [5.74, 6) is 1.59. The van der Waals surface area contributed by atoms with Crippen LogP contribution in [0.4, 0.5) is 0 Å². The normalized spacial score (nSPS) is 37.5. The lowest BCUT2D eigenvalue weighted by atomic mass is 9.73. The van der Waals surface area contributed by atoms with Crippen molar-refractivity contribution in [2.24, 2.45) is 17.8 Å². The summed E-state index contributed by atoms with van der Waals surface area (Å²) < 4.78 is 0. The Labute approximate surface area is 85.9 Å². The van der Waals surface area contributed by atoms with Crippen LogP contribution in [0.3, 0.4) is 0 Å². The zero-order valence-corrected chi connectivity index (χ0v) is 8.78. The molecule has 2 aliphatic rings. The van der Waals surface area contributed by atoms with Crippen LogP contribution in [-0.2, 0) is 4.79 Å². The fraction of sp³-hybridized carbons (Fsp3) is 0.615. The van der Waals surface area contributed by atoms with Crippen LogP contribution in [-0.4, -0.2) is 5.78 Å². The van der Waals surface area contributed by atoms with Crippen molar-refractivity contribution in [2.45, 2.75) is 32.6 Å². The molecule has 0 aromatic heterocycles.